The van der Waals surface area contributed by atoms with E-state index in [-0.39, 0.29) is 29.7 Å². The van der Waals surface area contributed by atoms with E-state index >= 15 is 0 Å². The van der Waals surface area contributed by atoms with Crippen LogP contribution in [0.1, 0.15) is 41.2 Å². The van der Waals surface area contributed by atoms with E-state index in [4.69, 9.17) is 0 Å². The van der Waals surface area contributed by atoms with Crippen molar-refractivity contribution in [1.82, 2.24) is 21.1 Å². The van der Waals surface area contributed by atoms with Gasteiger partial charge in [-0.2, -0.15) is 0 Å². The highest BCUT2D eigenvalue weighted by atomic mass is 19.2. The summed E-state index contributed by atoms with van der Waals surface area (Å²) in [6.07, 6.45) is 2.89. The summed E-state index contributed by atoms with van der Waals surface area (Å²) >= 11 is 0. The average molecular weight is 386 g/mol. The molecule has 2 unspecified atom stereocenters. The number of rotatable bonds is 4. The van der Waals surface area contributed by atoms with Crippen LogP contribution in [-0.4, -0.2) is 36.1 Å². The van der Waals surface area contributed by atoms with Gasteiger partial charge in [-0.15, -0.1) is 0 Å². The van der Waals surface area contributed by atoms with Gasteiger partial charge in [0.25, 0.3) is 5.91 Å². The zero-order chi connectivity index (χ0) is 19.5. The standard InChI is InChI=1S/C21H24F2N4O/c22-17-7-6-15(12-18(17)23)21(28)24-16-8-10-27(11-9-16)20-13-19(25-26-20)14-4-2-1-3-5-14/h1-7,12,16,19-20,25-26H,8-11,13H2,(H,24,28). The Bertz CT molecular complexity index is 824. The number of carbonyl (C=O) groups excluding carboxylic acids is 1. The molecule has 5 nitrogen and oxygen atoms in total. The number of piperidine rings is 1. The lowest BCUT2D eigenvalue weighted by molar-refractivity contribution is 0.0879. The molecule has 28 heavy (non-hydrogen) atoms. The third-order valence-electron chi connectivity index (χ3n) is 5.57. The van der Waals surface area contributed by atoms with E-state index in [0.29, 0.717) is 0 Å². The van der Waals surface area contributed by atoms with Crippen molar-refractivity contribution in [2.24, 2.45) is 0 Å². The third kappa shape index (κ3) is 4.22. The summed E-state index contributed by atoms with van der Waals surface area (Å²) in [6.45, 7) is 1.73. The van der Waals surface area contributed by atoms with Gasteiger partial charge in [0.1, 0.15) is 0 Å². The van der Waals surface area contributed by atoms with Gasteiger partial charge in [0.15, 0.2) is 11.6 Å². The van der Waals surface area contributed by atoms with E-state index in [2.05, 4.69) is 33.2 Å². The molecule has 3 N–H and O–H groups in total. The van der Waals surface area contributed by atoms with Crippen molar-refractivity contribution in [3.63, 3.8) is 0 Å². The van der Waals surface area contributed by atoms with Gasteiger partial charge < -0.3 is 5.32 Å². The predicted molar refractivity (Wildman–Crippen MR) is 102 cm³/mol. The Kier molecular flexibility index (Phi) is 5.66. The maximum absolute atomic E-state index is 13.3. The number of amides is 1. The molecule has 2 aliphatic heterocycles. The molecule has 2 aliphatic rings. The van der Waals surface area contributed by atoms with Crippen LogP contribution in [0.3, 0.4) is 0 Å². The van der Waals surface area contributed by atoms with Crippen molar-refractivity contribution in [1.29, 1.82) is 0 Å². The number of hydrazine groups is 1. The van der Waals surface area contributed by atoms with Crippen molar-refractivity contribution in [3.05, 3.63) is 71.3 Å². The highest BCUT2D eigenvalue weighted by Gasteiger charge is 2.32. The normalized spacial score (nSPS) is 23.6. The van der Waals surface area contributed by atoms with E-state index in [1.54, 1.807) is 0 Å². The second-order valence-electron chi connectivity index (χ2n) is 7.42. The van der Waals surface area contributed by atoms with Gasteiger partial charge in [-0.3, -0.25) is 9.69 Å². The maximum Gasteiger partial charge on any atom is 0.251 e. The van der Waals surface area contributed by atoms with Crippen LogP contribution >= 0.6 is 0 Å². The van der Waals surface area contributed by atoms with Gasteiger partial charge in [-0.25, -0.2) is 19.6 Å². The smallest absolute Gasteiger partial charge is 0.251 e. The molecule has 0 aliphatic carbocycles. The lowest BCUT2D eigenvalue weighted by Gasteiger charge is -2.35. The molecule has 2 fully saturated rings. The second kappa shape index (κ2) is 8.34. The maximum atomic E-state index is 13.3. The largest absolute Gasteiger partial charge is 0.349 e. The third-order valence-corrected chi connectivity index (χ3v) is 5.57. The minimum atomic E-state index is -1.00. The minimum Gasteiger partial charge on any atom is -0.349 e. The van der Waals surface area contributed by atoms with E-state index in [1.165, 1.54) is 11.6 Å². The van der Waals surface area contributed by atoms with Crippen molar-refractivity contribution in [2.75, 3.05) is 13.1 Å². The fourth-order valence-corrected chi connectivity index (χ4v) is 3.94. The number of nitrogens with zero attached hydrogens (tertiary/aromatic N) is 1. The first-order valence-corrected chi connectivity index (χ1v) is 9.66. The van der Waals surface area contributed by atoms with Crippen LogP contribution in [0.25, 0.3) is 0 Å². The summed E-state index contributed by atoms with van der Waals surface area (Å²) in [4.78, 5) is 14.7. The lowest BCUT2D eigenvalue weighted by atomic mass is 10.0. The second-order valence-corrected chi connectivity index (χ2v) is 7.42. The van der Waals surface area contributed by atoms with Crippen molar-refractivity contribution < 1.29 is 13.6 Å². The van der Waals surface area contributed by atoms with Gasteiger partial charge in [-0.1, -0.05) is 30.3 Å². The summed E-state index contributed by atoms with van der Waals surface area (Å²) in [7, 11) is 0. The highest BCUT2D eigenvalue weighted by Crippen LogP contribution is 2.25. The number of benzene rings is 2. The van der Waals surface area contributed by atoms with E-state index in [0.717, 1.165) is 44.5 Å². The van der Waals surface area contributed by atoms with Crippen molar-refractivity contribution in [3.8, 4) is 0 Å². The van der Waals surface area contributed by atoms with E-state index in [9.17, 15) is 13.6 Å². The zero-order valence-electron chi connectivity index (χ0n) is 15.5. The van der Waals surface area contributed by atoms with Crippen LogP contribution in [0, 0.1) is 11.6 Å². The molecule has 0 spiro atoms. The quantitative estimate of drug-likeness (QED) is 0.756. The Morgan fingerprint density at radius 3 is 2.46 bits per heavy atom. The summed E-state index contributed by atoms with van der Waals surface area (Å²) < 4.78 is 26.3. The van der Waals surface area contributed by atoms with Crippen molar-refractivity contribution in [2.45, 2.75) is 37.5 Å². The summed E-state index contributed by atoms with van der Waals surface area (Å²) in [5, 5.41) is 2.94. The number of nitrogens with one attached hydrogen (secondary N) is 3. The predicted octanol–water partition coefficient (Wildman–Crippen LogP) is 2.72. The number of carbonyl (C=O) groups is 1. The molecule has 0 radical (unpaired) electrons. The summed E-state index contributed by atoms with van der Waals surface area (Å²) in [5.41, 5.74) is 8.16. The molecule has 0 aromatic heterocycles. The number of hydrogen-bond acceptors (Lipinski definition) is 4. The highest BCUT2D eigenvalue weighted by molar-refractivity contribution is 5.94. The summed E-state index contributed by atoms with van der Waals surface area (Å²) in [5.74, 6) is -2.31. The Balaban J connectivity index is 1.27. The van der Waals surface area contributed by atoms with Gasteiger partial charge in [0.05, 0.1) is 6.17 Å². The van der Waals surface area contributed by atoms with Gasteiger partial charge in [-0.05, 0) is 43.0 Å². The number of likely N-dealkylation sites (tertiary alicyclic amines) is 1. The molecule has 2 atom stereocenters. The Morgan fingerprint density at radius 1 is 1.00 bits per heavy atom. The number of halogens is 2. The molecular weight excluding hydrogens is 362 g/mol. The fraction of sp³-hybridized carbons (Fsp3) is 0.381. The Hall–Kier alpha value is -2.35. The first kappa shape index (κ1) is 19.0. The van der Waals surface area contributed by atoms with E-state index < -0.39 is 11.6 Å². The van der Waals surface area contributed by atoms with Crippen LogP contribution in [0.2, 0.25) is 0 Å². The topological polar surface area (TPSA) is 56.4 Å². The first-order chi connectivity index (χ1) is 13.6. The van der Waals surface area contributed by atoms with Gasteiger partial charge in [0.2, 0.25) is 0 Å². The lowest BCUT2D eigenvalue weighted by Crippen LogP contribution is -2.51. The SMILES string of the molecule is O=C(NC1CCN(C2CC(c3ccccc3)NN2)CC1)c1ccc(F)c(F)c1. The molecule has 2 aromatic carbocycles. The molecule has 0 saturated carbocycles. The summed E-state index contributed by atoms with van der Waals surface area (Å²) in [6, 6.07) is 13.9. The molecular formula is C21H24F2N4O. The molecule has 148 valence electrons. The zero-order valence-corrected chi connectivity index (χ0v) is 15.5. The van der Waals surface area contributed by atoms with Crippen LogP contribution in [0.5, 0.6) is 0 Å². The van der Waals surface area contributed by atoms with Crippen LogP contribution in [0.4, 0.5) is 8.78 Å². The monoisotopic (exact) mass is 386 g/mol. The van der Waals surface area contributed by atoms with Crippen molar-refractivity contribution >= 4 is 5.91 Å². The molecule has 4 rings (SSSR count). The van der Waals surface area contributed by atoms with Crippen LogP contribution < -0.4 is 16.2 Å². The molecule has 1 amide bonds. The molecule has 2 saturated heterocycles. The van der Waals surface area contributed by atoms with Crippen LogP contribution in [0.15, 0.2) is 48.5 Å². The first-order valence-electron chi connectivity index (χ1n) is 9.66. The number of hydrogen-bond donors (Lipinski definition) is 3. The molecule has 7 heteroatoms. The fourth-order valence-electron chi connectivity index (χ4n) is 3.94. The molecule has 0 bridgehead atoms. The van der Waals surface area contributed by atoms with Gasteiger partial charge >= 0.3 is 0 Å². The Labute approximate surface area is 163 Å². The molecule has 2 heterocycles. The Morgan fingerprint density at radius 2 is 1.75 bits per heavy atom. The van der Waals surface area contributed by atoms with Crippen LogP contribution in [-0.2, 0) is 0 Å². The average Bonchev–Trinajstić information content (AvgIpc) is 3.21. The minimum absolute atomic E-state index is 0.0381. The molecule has 2 aromatic rings. The van der Waals surface area contributed by atoms with E-state index in [1.807, 2.05) is 18.2 Å². The van der Waals surface area contributed by atoms with Gasteiger partial charge in [0, 0.05) is 30.7 Å².